The average Bonchev–Trinajstić information content (AvgIpc) is 3.19. The molecule has 0 aliphatic carbocycles. The summed E-state index contributed by atoms with van der Waals surface area (Å²) in [4.78, 5) is 8.89. The number of hydrogen-bond donors (Lipinski definition) is 1. The minimum absolute atomic E-state index is 0.356. The van der Waals surface area contributed by atoms with Crippen molar-refractivity contribution in [1.29, 1.82) is 0 Å². The Morgan fingerprint density at radius 1 is 0.867 bits per heavy atom. The van der Waals surface area contributed by atoms with Gasteiger partial charge in [-0.15, -0.1) is 0 Å². The van der Waals surface area contributed by atoms with E-state index in [9.17, 15) is 0 Å². The summed E-state index contributed by atoms with van der Waals surface area (Å²) in [6, 6.07) is 20.2. The van der Waals surface area contributed by atoms with Gasteiger partial charge in [0.05, 0.1) is 11.9 Å². The zero-order valence-corrected chi connectivity index (χ0v) is 17.2. The maximum absolute atomic E-state index is 6.23. The minimum Gasteiger partial charge on any atom is -0.437 e. The van der Waals surface area contributed by atoms with Crippen LogP contribution in [0.5, 0.6) is 0 Å². The number of anilines is 1. The highest BCUT2D eigenvalue weighted by atomic mass is 16.7. The first-order valence-corrected chi connectivity index (χ1v) is 10.2. The van der Waals surface area contributed by atoms with Crippen molar-refractivity contribution in [3.63, 3.8) is 0 Å². The predicted molar refractivity (Wildman–Crippen MR) is 118 cm³/mol. The molecule has 6 heteroatoms. The van der Waals surface area contributed by atoms with Gasteiger partial charge in [0.15, 0.2) is 6.29 Å². The van der Waals surface area contributed by atoms with Gasteiger partial charge in [0.1, 0.15) is 17.9 Å². The standard InChI is InChI=1S/C24H25N3O3/c1-3-28-19(29-4-2)15-25-23-21-20(17-11-7-5-8-12-17)22(18-13-9-6-10-14-18)30-24(21)27-16-26-23/h5-14,16,19H,3-4,15H2,1-2H3,(H,25,26,27). The van der Waals surface area contributed by atoms with Crippen molar-refractivity contribution in [2.45, 2.75) is 20.1 Å². The van der Waals surface area contributed by atoms with E-state index in [1.807, 2.05) is 62.4 Å². The molecule has 0 aliphatic heterocycles. The van der Waals surface area contributed by atoms with Gasteiger partial charge in [0.2, 0.25) is 5.71 Å². The van der Waals surface area contributed by atoms with Crippen LogP contribution in [0.4, 0.5) is 5.82 Å². The van der Waals surface area contributed by atoms with Gasteiger partial charge in [0, 0.05) is 24.3 Å². The first kappa shape index (κ1) is 20.1. The predicted octanol–water partition coefficient (Wildman–Crippen LogP) is 5.37. The number of furan rings is 1. The Morgan fingerprint density at radius 3 is 2.13 bits per heavy atom. The Labute approximate surface area is 175 Å². The molecule has 0 atom stereocenters. The monoisotopic (exact) mass is 403 g/mol. The number of ether oxygens (including phenoxy) is 2. The van der Waals surface area contributed by atoms with E-state index >= 15 is 0 Å². The van der Waals surface area contributed by atoms with Crippen LogP contribution in [0.15, 0.2) is 71.4 Å². The fourth-order valence-corrected chi connectivity index (χ4v) is 3.46. The topological polar surface area (TPSA) is 69.4 Å². The molecule has 2 heterocycles. The van der Waals surface area contributed by atoms with Gasteiger partial charge in [-0.25, -0.2) is 9.97 Å². The van der Waals surface area contributed by atoms with Crippen LogP contribution in [0.1, 0.15) is 13.8 Å². The molecule has 0 bridgehead atoms. The SMILES string of the molecule is CCOC(CNc1ncnc2oc(-c3ccccc3)c(-c3ccccc3)c12)OCC. The highest BCUT2D eigenvalue weighted by Crippen LogP contribution is 2.42. The molecule has 0 unspecified atom stereocenters. The minimum atomic E-state index is -0.356. The fourth-order valence-electron chi connectivity index (χ4n) is 3.46. The highest BCUT2D eigenvalue weighted by molar-refractivity contribution is 6.05. The Kier molecular flexibility index (Phi) is 6.37. The normalized spacial score (nSPS) is 11.3. The van der Waals surface area contributed by atoms with Crippen molar-refractivity contribution in [3.8, 4) is 22.5 Å². The number of nitrogens with zero attached hydrogens (tertiary/aromatic N) is 2. The second-order valence-corrected chi connectivity index (χ2v) is 6.66. The maximum Gasteiger partial charge on any atom is 0.232 e. The van der Waals surface area contributed by atoms with Crippen LogP contribution >= 0.6 is 0 Å². The summed E-state index contributed by atoms with van der Waals surface area (Å²) in [5.74, 6) is 1.46. The third-order valence-electron chi connectivity index (χ3n) is 4.73. The quantitative estimate of drug-likeness (QED) is 0.379. The lowest BCUT2D eigenvalue weighted by atomic mass is 9.99. The number of rotatable bonds is 9. The smallest absolute Gasteiger partial charge is 0.232 e. The third-order valence-corrected chi connectivity index (χ3v) is 4.73. The molecule has 2 aromatic carbocycles. The molecule has 0 radical (unpaired) electrons. The molecule has 0 saturated heterocycles. The van der Waals surface area contributed by atoms with Crippen LogP contribution in [0.2, 0.25) is 0 Å². The molecule has 0 aliphatic rings. The van der Waals surface area contributed by atoms with Crippen molar-refractivity contribution in [2.75, 3.05) is 25.1 Å². The molecule has 1 N–H and O–H groups in total. The van der Waals surface area contributed by atoms with Gasteiger partial charge in [-0.1, -0.05) is 60.7 Å². The van der Waals surface area contributed by atoms with E-state index in [0.29, 0.717) is 31.3 Å². The third kappa shape index (κ3) is 4.20. The molecule has 0 fully saturated rings. The van der Waals surface area contributed by atoms with Crippen LogP contribution in [0.3, 0.4) is 0 Å². The van der Waals surface area contributed by atoms with Crippen molar-refractivity contribution in [1.82, 2.24) is 9.97 Å². The van der Waals surface area contributed by atoms with Crippen LogP contribution in [0, 0.1) is 0 Å². The van der Waals surface area contributed by atoms with Gasteiger partial charge in [0.25, 0.3) is 0 Å². The van der Waals surface area contributed by atoms with Crippen LogP contribution in [-0.4, -0.2) is 36.0 Å². The number of aromatic nitrogens is 2. The summed E-state index contributed by atoms with van der Waals surface area (Å²) in [6.07, 6.45) is 1.15. The van der Waals surface area contributed by atoms with Crippen LogP contribution in [0.25, 0.3) is 33.6 Å². The van der Waals surface area contributed by atoms with E-state index in [0.717, 1.165) is 27.8 Å². The van der Waals surface area contributed by atoms with E-state index in [1.165, 1.54) is 6.33 Å². The average molecular weight is 403 g/mol. The summed E-state index contributed by atoms with van der Waals surface area (Å²) in [5.41, 5.74) is 3.53. The lowest BCUT2D eigenvalue weighted by Crippen LogP contribution is -2.26. The van der Waals surface area contributed by atoms with E-state index < -0.39 is 0 Å². The Morgan fingerprint density at radius 2 is 1.50 bits per heavy atom. The molecule has 2 aromatic heterocycles. The number of fused-ring (bicyclic) bond motifs is 1. The van der Waals surface area contributed by atoms with Crippen molar-refractivity contribution < 1.29 is 13.9 Å². The van der Waals surface area contributed by atoms with E-state index in [-0.39, 0.29) is 6.29 Å². The molecule has 6 nitrogen and oxygen atoms in total. The van der Waals surface area contributed by atoms with Gasteiger partial charge >= 0.3 is 0 Å². The molecule has 0 saturated carbocycles. The lowest BCUT2D eigenvalue weighted by molar-refractivity contribution is -0.126. The van der Waals surface area contributed by atoms with Crippen molar-refractivity contribution in [3.05, 3.63) is 67.0 Å². The molecular weight excluding hydrogens is 378 g/mol. The van der Waals surface area contributed by atoms with Gasteiger partial charge in [-0.05, 0) is 19.4 Å². The summed E-state index contributed by atoms with van der Waals surface area (Å²) < 4.78 is 17.5. The van der Waals surface area contributed by atoms with Gasteiger partial charge in [-0.3, -0.25) is 0 Å². The Hall–Kier alpha value is -3.22. The second-order valence-electron chi connectivity index (χ2n) is 6.66. The first-order valence-electron chi connectivity index (χ1n) is 10.2. The lowest BCUT2D eigenvalue weighted by Gasteiger charge is -2.18. The number of benzene rings is 2. The Bertz CT molecular complexity index is 1080. The highest BCUT2D eigenvalue weighted by Gasteiger charge is 2.22. The molecule has 4 rings (SSSR count). The summed E-state index contributed by atoms with van der Waals surface area (Å²) in [5, 5.41) is 4.21. The fraction of sp³-hybridized carbons (Fsp3) is 0.250. The molecule has 0 amide bonds. The summed E-state index contributed by atoms with van der Waals surface area (Å²) in [7, 11) is 0. The first-order chi connectivity index (χ1) is 14.8. The zero-order valence-electron chi connectivity index (χ0n) is 17.2. The largest absolute Gasteiger partial charge is 0.437 e. The number of nitrogens with one attached hydrogen (secondary N) is 1. The van der Waals surface area contributed by atoms with E-state index in [2.05, 4.69) is 27.4 Å². The van der Waals surface area contributed by atoms with Gasteiger partial charge in [-0.2, -0.15) is 0 Å². The maximum atomic E-state index is 6.23. The van der Waals surface area contributed by atoms with Crippen LogP contribution < -0.4 is 5.32 Å². The molecule has 30 heavy (non-hydrogen) atoms. The van der Waals surface area contributed by atoms with Crippen molar-refractivity contribution >= 4 is 16.9 Å². The molecule has 154 valence electrons. The van der Waals surface area contributed by atoms with Crippen molar-refractivity contribution in [2.24, 2.45) is 0 Å². The van der Waals surface area contributed by atoms with E-state index in [1.54, 1.807) is 0 Å². The zero-order chi connectivity index (χ0) is 20.8. The summed E-state index contributed by atoms with van der Waals surface area (Å²) >= 11 is 0. The Balaban J connectivity index is 1.82. The molecule has 0 spiro atoms. The van der Waals surface area contributed by atoms with Crippen LogP contribution in [-0.2, 0) is 9.47 Å². The van der Waals surface area contributed by atoms with Gasteiger partial charge < -0.3 is 19.2 Å². The molecule has 4 aromatic rings. The summed E-state index contributed by atoms with van der Waals surface area (Å²) in [6.45, 7) is 5.51. The van der Waals surface area contributed by atoms with E-state index in [4.69, 9.17) is 13.9 Å². The number of hydrogen-bond acceptors (Lipinski definition) is 6. The second kappa shape index (κ2) is 9.52. The molecular formula is C24H25N3O3.